The first-order chi connectivity index (χ1) is 12.0. The molecule has 0 aromatic carbocycles. The average Bonchev–Trinajstić information content (AvgIpc) is 3.26. The van der Waals surface area contributed by atoms with Gasteiger partial charge in [0, 0.05) is 6.07 Å². The van der Waals surface area contributed by atoms with Gasteiger partial charge in [-0.05, 0) is 26.0 Å². The van der Waals surface area contributed by atoms with Crippen molar-refractivity contribution >= 4 is 11.7 Å². The quantitative estimate of drug-likeness (QED) is 0.378. The Morgan fingerprint density at radius 2 is 2.20 bits per heavy atom. The lowest BCUT2D eigenvalue weighted by Crippen LogP contribution is -2.15. The maximum atomic E-state index is 11.9. The van der Waals surface area contributed by atoms with Crippen molar-refractivity contribution in [3.8, 4) is 11.5 Å². The van der Waals surface area contributed by atoms with Crippen molar-refractivity contribution in [3.63, 3.8) is 0 Å². The first-order valence-corrected chi connectivity index (χ1v) is 7.29. The highest BCUT2D eigenvalue weighted by Gasteiger charge is 2.23. The molecule has 3 aromatic heterocycles. The van der Waals surface area contributed by atoms with E-state index in [9.17, 15) is 14.9 Å². The summed E-state index contributed by atoms with van der Waals surface area (Å²) in [7, 11) is 0. The summed E-state index contributed by atoms with van der Waals surface area (Å²) in [5, 5.41) is 18.7. The summed E-state index contributed by atoms with van der Waals surface area (Å²) in [6.07, 6.45) is 1.51. The number of hydrogen-bond acceptors (Lipinski definition) is 8. The third-order valence-electron chi connectivity index (χ3n) is 3.51. The lowest BCUT2D eigenvalue weighted by molar-refractivity contribution is -0.386. The van der Waals surface area contributed by atoms with Gasteiger partial charge in [0.15, 0.2) is 5.76 Å². The maximum absolute atomic E-state index is 11.9. The molecule has 0 aliphatic heterocycles. The molecule has 130 valence electrons. The molecule has 0 saturated carbocycles. The molecular weight excluding hydrogens is 332 g/mol. The summed E-state index contributed by atoms with van der Waals surface area (Å²) >= 11 is 0. The number of nitrogens with zero attached hydrogens (tertiary/aromatic N) is 4. The monoisotopic (exact) mass is 346 g/mol. The number of hydrogen-bond donors (Lipinski definition) is 0. The number of esters is 1. The van der Waals surface area contributed by atoms with E-state index < -0.39 is 10.9 Å². The molecule has 0 spiro atoms. The molecule has 0 unspecified atom stereocenters. The van der Waals surface area contributed by atoms with Gasteiger partial charge in [0.1, 0.15) is 30.2 Å². The zero-order valence-electron chi connectivity index (χ0n) is 13.5. The maximum Gasteiger partial charge on any atom is 0.328 e. The number of furan rings is 1. The predicted octanol–water partition coefficient (Wildman–Crippen LogP) is 2.40. The van der Waals surface area contributed by atoms with Gasteiger partial charge in [-0.15, -0.1) is 0 Å². The van der Waals surface area contributed by atoms with Crippen LogP contribution in [0.4, 0.5) is 5.69 Å². The first kappa shape index (κ1) is 16.4. The summed E-state index contributed by atoms with van der Waals surface area (Å²) in [6, 6.07) is 5.03. The predicted molar refractivity (Wildman–Crippen MR) is 82.4 cm³/mol. The van der Waals surface area contributed by atoms with Crippen LogP contribution in [-0.2, 0) is 22.7 Å². The van der Waals surface area contributed by atoms with Crippen LogP contribution in [0.15, 0.2) is 33.4 Å². The third kappa shape index (κ3) is 3.42. The van der Waals surface area contributed by atoms with E-state index in [1.165, 1.54) is 24.8 Å². The van der Waals surface area contributed by atoms with Crippen LogP contribution in [0.3, 0.4) is 0 Å². The van der Waals surface area contributed by atoms with E-state index >= 15 is 0 Å². The van der Waals surface area contributed by atoms with E-state index in [2.05, 4.69) is 10.3 Å². The Morgan fingerprint density at radius 1 is 1.40 bits per heavy atom. The van der Waals surface area contributed by atoms with Gasteiger partial charge in [-0.2, -0.15) is 5.10 Å². The second-order valence-electron chi connectivity index (χ2n) is 5.25. The molecule has 3 heterocycles. The molecule has 0 N–H and O–H groups in total. The lowest BCUT2D eigenvalue weighted by atomic mass is 10.3. The van der Waals surface area contributed by atoms with E-state index in [-0.39, 0.29) is 24.5 Å². The van der Waals surface area contributed by atoms with Gasteiger partial charge < -0.3 is 13.7 Å². The van der Waals surface area contributed by atoms with Crippen molar-refractivity contribution in [1.29, 1.82) is 0 Å². The Kier molecular flexibility index (Phi) is 4.33. The Balaban J connectivity index is 1.60. The van der Waals surface area contributed by atoms with E-state index in [1.54, 1.807) is 18.2 Å². The Labute approximate surface area is 141 Å². The fourth-order valence-electron chi connectivity index (χ4n) is 2.34. The molecule has 10 nitrogen and oxygen atoms in total. The number of aryl methyl sites for hydroxylation is 1. The highest BCUT2D eigenvalue weighted by molar-refractivity contribution is 5.69. The van der Waals surface area contributed by atoms with E-state index in [0.29, 0.717) is 22.9 Å². The van der Waals surface area contributed by atoms with Gasteiger partial charge in [-0.1, -0.05) is 5.16 Å². The molecular formula is C15H14N4O6. The van der Waals surface area contributed by atoms with Gasteiger partial charge in [0.05, 0.1) is 11.2 Å². The van der Waals surface area contributed by atoms with Crippen LogP contribution in [0.1, 0.15) is 17.1 Å². The molecule has 0 amide bonds. The fourth-order valence-corrected chi connectivity index (χ4v) is 2.34. The Morgan fingerprint density at radius 3 is 2.84 bits per heavy atom. The molecule has 25 heavy (non-hydrogen) atoms. The molecule has 0 fully saturated rings. The highest BCUT2D eigenvalue weighted by Crippen LogP contribution is 2.22. The second kappa shape index (κ2) is 6.59. The topological polar surface area (TPSA) is 126 Å². The summed E-state index contributed by atoms with van der Waals surface area (Å²) in [5.41, 5.74) is 0.849. The molecule has 0 atom stereocenters. The number of rotatable bonds is 6. The second-order valence-corrected chi connectivity index (χ2v) is 5.25. The van der Waals surface area contributed by atoms with Gasteiger partial charge in [-0.3, -0.25) is 19.6 Å². The number of carbonyl (C=O) groups excluding carboxylic acids is 1. The molecule has 0 saturated heterocycles. The fraction of sp³-hybridized carbons (Fsp3) is 0.267. The summed E-state index contributed by atoms with van der Waals surface area (Å²) < 4.78 is 16.6. The molecule has 10 heteroatoms. The van der Waals surface area contributed by atoms with Crippen LogP contribution in [0.5, 0.6) is 0 Å². The van der Waals surface area contributed by atoms with Crippen LogP contribution in [0.25, 0.3) is 11.5 Å². The largest absolute Gasteiger partial charge is 0.461 e. The zero-order chi connectivity index (χ0) is 18.0. The summed E-state index contributed by atoms with van der Waals surface area (Å²) in [4.78, 5) is 22.4. The van der Waals surface area contributed by atoms with E-state index in [0.717, 1.165) is 0 Å². The van der Waals surface area contributed by atoms with Gasteiger partial charge >= 0.3 is 11.7 Å². The third-order valence-corrected chi connectivity index (χ3v) is 3.51. The summed E-state index contributed by atoms with van der Waals surface area (Å²) in [6.45, 7) is 2.71. The van der Waals surface area contributed by atoms with E-state index in [1.807, 2.05) is 0 Å². The Bertz CT molecular complexity index is 909. The number of carbonyl (C=O) groups is 1. The van der Waals surface area contributed by atoms with Crippen LogP contribution >= 0.6 is 0 Å². The standard InChI is InChI=1S/C15H14N4O6/c1-9-15(19(21)22)10(2)18(16-9)7-14(20)24-8-11-6-13(25-17-11)12-4-3-5-23-12/h3-6H,7-8H2,1-2H3. The van der Waals surface area contributed by atoms with Crippen molar-refractivity contribution in [3.05, 3.63) is 51.7 Å². The van der Waals surface area contributed by atoms with Gasteiger partial charge in [-0.25, -0.2) is 0 Å². The molecule has 0 aliphatic carbocycles. The minimum Gasteiger partial charge on any atom is -0.461 e. The van der Waals surface area contributed by atoms with E-state index in [4.69, 9.17) is 13.7 Å². The normalized spacial score (nSPS) is 10.8. The summed E-state index contributed by atoms with van der Waals surface area (Å²) in [5.74, 6) is 0.341. The number of ether oxygens (including phenoxy) is 1. The SMILES string of the molecule is Cc1nn(CC(=O)OCc2cc(-c3ccco3)on2)c(C)c1[N+](=O)[O-]. The number of nitro groups is 1. The van der Waals surface area contributed by atoms with Gasteiger partial charge in [0.2, 0.25) is 5.76 Å². The molecule has 0 radical (unpaired) electrons. The molecule has 0 aliphatic rings. The molecule has 0 bridgehead atoms. The zero-order valence-corrected chi connectivity index (χ0v) is 13.5. The van der Waals surface area contributed by atoms with Crippen molar-refractivity contribution in [2.45, 2.75) is 27.0 Å². The van der Waals surface area contributed by atoms with Crippen molar-refractivity contribution in [2.75, 3.05) is 0 Å². The minimum absolute atomic E-state index is 0.0928. The number of aromatic nitrogens is 3. The van der Waals surface area contributed by atoms with Crippen molar-refractivity contribution in [2.24, 2.45) is 0 Å². The van der Waals surface area contributed by atoms with Crippen molar-refractivity contribution < 1.29 is 23.4 Å². The smallest absolute Gasteiger partial charge is 0.328 e. The first-order valence-electron chi connectivity index (χ1n) is 7.29. The van der Waals surface area contributed by atoms with Crippen LogP contribution in [0, 0.1) is 24.0 Å². The van der Waals surface area contributed by atoms with Crippen molar-refractivity contribution in [1.82, 2.24) is 14.9 Å². The highest BCUT2D eigenvalue weighted by atomic mass is 16.6. The lowest BCUT2D eigenvalue weighted by Gasteiger charge is -2.04. The van der Waals surface area contributed by atoms with Crippen LogP contribution < -0.4 is 0 Å². The Hall–Kier alpha value is -3.43. The minimum atomic E-state index is -0.594. The molecule has 3 aromatic rings. The van der Waals surface area contributed by atoms with Crippen LogP contribution in [-0.4, -0.2) is 25.8 Å². The average molecular weight is 346 g/mol. The molecule has 3 rings (SSSR count). The van der Waals surface area contributed by atoms with Gasteiger partial charge in [0.25, 0.3) is 0 Å². The van der Waals surface area contributed by atoms with Crippen LogP contribution in [0.2, 0.25) is 0 Å².